The quantitative estimate of drug-likeness (QED) is 0.659. The van der Waals surface area contributed by atoms with Crippen molar-refractivity contribution in [3.63, 3.8) is 0 Å². The summed E-state index contributed by atoms with van der Waals surface area (Å²) in [6, 6.07) is 4.61. The number of carbonyl (C=O) groups is 1. The van der Waals surface area contributed by atoms with Crippen LogP contribution in [-0.4, -0.2) is 51.6 Å². The monoisotopic (exact) mass is 297 g/mol. The first-order valence-electron chi connectivity index (χ1n) is 6.14. The predicted molar refractivity (Wildman–Crippen MR) is 76.4 cm³/mol. The van der Waals surface area contributed by atoms with Gasteiger partial charge in [-0.05, 0) is 12.1 Å². The van der Waals surface area contributed by atoms with Crippen molar-refractivity contribution in [2.45, 2.75) is 0 Å². The highest BCUT2D eigenvalue weighted by atomic mass is 32.2. The molecule has 1 N–H and O–H groups in total. The molecule has 0 unspecified atom stereocenters. The first-order valence-corrected chi connectivity index (χ1v) is 7.63. The maximum atomic E-state index is 12.4. The summed E-state index contributed by atoms with van der Waals surface area (Å²) in [6.45, 7) is 0.735. The zero-order valence-electron chi connectivity index (χ0n) is 11.0. The van der Waals surface area contributed by atoms with E-state index in [2.05, 4.69) is 5.32 Å². The van der Waals surface area contributed by atoms with E-state index in [9.17, 15) is 19.1 Å². The fourth-order valence-electron chi connectivity index (χ4n) is 2.13. The molecule has 1 fully saturated rings. The Labute approximate surface area is 118 Å². The molecule has 0 saturated carbocycles. The second kappa shape index (κ2) is 6.00. The number of para-hydroxylation sites is 1. The minimum atomic E-state index is -0.894. The van der Waals surface area contributed by atoms with E-state index < -0.39 is 15.7 Å². The van der Waals surface area contributed by atoms with E-state index in [4.69, 9.17) is 0 Å². The summed E-state index contributed by atoms with van der Waals surface area (Å²) in [5, 5.41) is 13.9. The molecular weight excluding hydrogens is 282 g/mol. The number of nitro groups is 1. The molecule has 20 heavy (non-hydrogen) atoms. The van der Waals surface area contributed by atoms with Gasteiger partial charge in [-0.2, -0.15) is 0 Å². The van der Waals surface area contributed by atoms with Gasteiger partial charge in [0, 0.05) is 42.4 Å². The molecule has 7 nitrogen and oxygen atoms in total. The van der Waals surface area contributed by atoms with Gasteiger partial charge >= 0.3 is 5.69 Å². The van der Waals surface area contributed by atoms with Crippen molar-refractivity contribution in [2.24, 2.45) is 0 Å². The van der Waals surface area contributed by atoms with E-state index in [0.29, 0.717) is 30.3 Å². The third kappa shape index (κ3) is 2.79. The van der Waals surface area contributed by atoms with Crippen molar-refractivity contribution < 1.29 is 13.9 Å². The lowest BCUT2D eigenvalue weighted by atomic mass is 10.1. The number of hydrogen-bond donors (Lipinski definition) is 1. The predicted octanol–water partition coefficient (Wildman–Crippen LogP) is 0.841. The molecule has 8 heteroatoms. The van der Waals surface area contributed by atoms with Crippen LogP contribution in [0.15, 0.2) is 18.2 Å². The van der Waals surface area contributed by atoms with Crippen molar-refractivity contribution in [3.05, 3.63) is 33.9 Å². The highest BCUT2D eigenvalue weighted by Gasteiger charge is 2.29. The van der Waals surface area contributed by atoms with Crippen molar-refractivity contribution in [2.75, 3.05) is 37.0 Å². The summed E-state index contributed by atoms with van der Waals surface area (Å²) >= 11 is 0. The van der Waals surface area contributed by atoms with Crippen LogP contribution in [0.25, 0.3) is 0 Å². The lowest BCUT2D eigenvalue weighted by Gasteiger charge is -2.26. The summed E-state index contributed by atoms with van der Waals surface area (Å²) in [5.41, 5.74) is 0.155. The molecule has 0 aliphatic carbocycles. The Morgan fingerprint density at radius 2 is 2.05 bits per heavy atom. The lowest BCUT2D eigenvalue weighted by Crippen LogP contribution is -2.42. The van der Waals surface area contributed by atoms with E-state index in [0.717, 1.165) is 0 Å². The van der Waals surface area contributed by atoms with Crippen LogP contribution >= 0.6 is 0 Å². The Balaban J connectivity index is 2.34. The van der Waals surface area contributed by atoms with E-state index in [-0.39, 0.29) is 17.2 Å². The van der Waals surface area contributed by atoms with Crippen LogP contribution in [0, 0.1) is 10.1 Å². The Morgan fingerprint density at radius 3 is 2.60 bits per heavy atom. The summed E-state index contributed by atoms with van der Waals surface area (Å²) in [4.78, 5) is 24.5. The Hall–Kier alpha value is -1.96. The number of nitrogens with zero attached hydrogens (tertiary/aromatic N) is 2. The standard InChI is InChI=1S/C12H15N3O4S/c1-13-10-4-2-3-9(11(10)15(17)18)12(16)14-5-7-20(19)8-6-14/h2-4,13H,5-8H2,1H3. The van der Waals surface area contributed by atoms with Crippen molar-refractivity contribution in [1.29, 1.82) is 0 Å². The van der Waals surface area contributed by atoms with Gasteiger partial charge in [0.15, 0.2) is 0 Å². The van der Waals surface area contributed by atoms with Crippen molar-refractivity contribution in [1.82, 2.24) is 4.90 Å². The molecule has 2 rings (SSSR count). The van der Waals surface area contributed by atoms with E-state index in [1.165, 1.54) is 11.0 Å². The van der Waals surface area contributed by atoms with Gasteiger partial charge in [-0.1, -0.05) is 6.07 Å². The normalized spacial score (nSPS) is 15.9. The first-order chi connectivity index (χ1) is 9.54. The molecule has 0 radical (unpaired) electrons. The molecule has 1 aliphatic heterocycles. The number of benzene rings is 1. The first kappa shape index (κ1) is 14.4. The van der Waals surface area contributed by atoms with Crippen LogP contribution in [0.2, 0.25) is 0 Å². The summed E-state index contributed by atoms with van der Waals surface area (Å²) in [5.74, 6) is 0.460. The van der Waals surface area contributed by atoms with Crippen molar-refractivity contribution >= 4 is 28.1 Å². The summed E-state index contributed by atoms with van der Waals surface area (Å²) in [6.07, 6.45) is 0. The molecule has 1 heterocycles. The van der Waals surface area contributed by atoms with Gasteiger partial charge < -0.3 is 10.2 Å². The van der Waals surface area contributed by atoms with Crippen LogP contribution < -0.4 is 5.32 Å². The van der Waals surface area contributed by atoms with Crippen LogP contribution in [0.5, 0.6) is 0 Å². The maximum Gasteiger partial charge on any atom is 0.305 e. The fourth-order valence-corrected chi connectivity index (χ4v) is 3.18. The van der Waals surface area contributed by atoms with Crippen LogP contribution in [-0.2, 0) is 10.8 Å². The van der Waals surface area contributed by atoms with Crippen molar-refractivity contribution in [3.8, 4) is 0 Å². The van der Waals surface area contributed by atoms with Gasteiger partial charge in [0.25, 0.3) is 5.91 Å². The number of rotatable bonds is 3. The Kier molecular flexibility index (Phi) is 4.33. The second-order valence-electron chi connectivity index (χ2n) is 4.35. The SMILES string of the molecule is CNc1cccc(C(=O)N2CCS(=O)CC2)c1[N+](=O)[O-]. The average molecular weight is 297 g/mol. The zero-order valence-corrected chi connectivity index (χ0v) is 11.8. The summed E-state index contributed by atoms with van der Waals surface area (Å²) < 4.78 is 11.3. The molecule has 108 valence electrons. The minimum Gasteiger partial charge on any atom is -0.383 e. The van der Waals surface area contributed by atoms with Gasteiger partial charge in [0.05, 0.1) is 4.92 Å². The maximum absolute atomic E-state index is 12.4. The summed E-state index contributed by atoms with van der Waals surface area (Å²) in [7, 11) is 0.676. The third-order valence-electron chi connectivity index (χ3n) is 3.18. The minimum absolute atomic E-state index is 0.0644. The topological polar surface area (TPSA) is 92.6 Å². The molecule has 1 aliphatic rings. The highest BCUT2D eigenvalue weighted by molar-refractivity contribution is 7.85. The van der Waals surface area contributed by atoms with Crippen LogP contribution in [0.4, 0.5) is 11.4 Å². The molecule has 1 aromatic carbocycles. The molecule has 0 bridgehead atoms. The fraction of sp³-hybridized carbons (Fsp3) is 0.417. The molecule has 0 aromatic heterocycles. The van der Waals surface area contributed by atoms with Crippen LogP contribution in [0.3, 0.4) is 0 Å². The number of nitro benzene ring substituents is 1. The van der Waals surface area contributed by atoms with E-state index in [1.54, 1.807) is 19.2 Å². The van der Waals surface area contributed by atoms with Gasteiger partial charge in [-0.25, -0.2) is 0 Å². The molecule has 1 amide bonds. The van der Waals surface area contributed by atoms with E-state index in [1.807, 2.05) is 0 Å². The number of hydrogen-bond acceptors (Lipinski definition) is 5. The lowest BCUT2D eigenvalue weighted by molar-refractivity contribution is -0.384. The Morgan fingerprint density at radius 1 is 1.40 bits per heavy atom. The number of nitrogens with one attached hydrogen (secondary N) is 1. The average Bonchev–Trinajstić information content (AvgIpc) is 2.46. The molecule has 0 atom stereocenters. The number of anilines is 1. The van der Waals surface area contributed by atoms with Gasteiger partial charge in [0.1, 0.15) is 11.3 Å². The van der Waals surface area contributed by atoms with Gasteiger partial charge in [-0.15, -0.1) is 0 Å². The second-order valence-corrected chi connectivity index (χ2v) is 6.05. The Bertz CT molecular complexity index is 566. The largest absolute Gasteiger partial charge is 0.383 e. The third-order valence-corrected chi connectivity index (χ3v) is 4.46. The van der Waals surface area contributed by atoms with Gasteiger partial charge in [0.2, 0.25) is 0 Å². The molecule has 0 spiro atoms. The smallest absolute Gasteiger partial charge is 0.305 e. The number of amides is 1. The van der Waals surface area contributed by atoms with Gasteiger partial charge in [-0.3, -0.25) is 19.1 Å². The molecular formula is C12H15N3O4S. The number of carbonyl (C=O) groups excluding carboxylic acids is 1. The highest BCUT2D eigenvalue weighted by Crippen LogP contribution is 2.29. The molecule has 1 aromatic rings. The van der Waals surface area contributed by atoms with Crippen LogP contribution in [0.1, 0.15) is 10.4 Å². The van der Waals surface area contributed by atoms with E-state index >= 15 is 0 Å². The molecule has 1 saturated heterocycles. The zero-order chi connectivity index (χ0) is 14.7.